The van der Waals surface area contributed by atoms with Crippen LogP contribution < -0.4 is 0 Å². The van der Waals surface area contributed by atoms with E-state index in [-0.39, 0.29) is 0 Å². The summed E-state index contributed by atoms with van der Waals surface area (Å²) in [5.41, 5.74) is 17.0. The van der Waals surface area contributed by atoms with E-state index in [4.69, 9.17) is 9.97 Å². The molecule has 4 nitrogen and oxygen atoms in total. The first-order valence-electron chi connectivity index (χ1n) is 18.4. The van der Waals surface area contributed by atoms with E-state index in [1.807, 2.05) is 24.5 Å². The molecule has 0 saturated heterocycles. The van der Waals surface area contributed by atoms with Gasteiger partial charge in [-0.15, -0.1) is 0 Å². The average molecular weight is 689 g/mol. The van der Waals surface area contributed by atoms with Crippen LogP contribution >= 0.6 is 0 Å². The third-order valence-corrected chi connectivity index (χ3v) is 11.5. The van der Waals surface area contributed by atoms with Crippen LogP contribution in [0.1, 0.15) is 29.2 Å². The fourth-order valence-corrected chi connectivity index (χ4v) is 9.17. The van der Waals surface area contributed by atoms with Crippen LogP contribution in [0.2, 0.25) is 0 Å². The van der Waals surface area contributed by atoms with Crippen LogP contribution in [-0.4, -0.2) is 19.9 Å². The Labute approximate surface area is 312 Å². The molecule has 11 rings (SSSR count). The highest BCUT2D eigenvalue weighted by Crippen LogP contribution is 2.63. The van der Waals surface area contributed by atoms with Gasteiger partial charge in [0.05, 0.1) is 38.9 Å². The van der Waals surface area contributed by atoms with Gasteiger partial charge in [-0.25, -0.2) is 9.97 Å². The second-order valence-electron chi connectivity index (χ2n) is 14.2. The average Bonchev–Trinajstić information content (AvgIpc) is 3.68. The van der Waals surface area contributed by atoms with Crippen molar-refractivity contribution in [3.8, 4) is 33.6 Å². The summed E-state index contributed by atoms with van der Waals surface area (Å²) in [5, 5.41) is 4.30. The second-order valence-corrected chi connectivity index (χ2v) is 14.2. The van der Waals surface area contributed by atoms with Crippen LogP contribution in [0.25, 0.3) is 82.8 Å². The summed E-state index contributed by atoms with van der Waals surface area (Å²) in [6.45, 7) is 6.57. The molecular weight excluding hydrogens is 657 g/mol. The Hall–Kier alpha value is -7.04. The Kier molecular flexibility index (Phi) is 6.50. The van der Waals surface area contributed by atoms with Gasteiger partial charge < -0.3 is 0 Å². The highest BCUT2D eigenvalue weighted by Gasteiger charge is 2.52. The zero-order chi connectivity index (χ0) is 36.0. The maximum atomic E-state index is 5.30. The molecule has 2 aliphatic rings. The molecule has 0 saturated carbocycles. The standard InChI is InChI=1S/C50H32N4/c1-3-9-34-36-20-14-32(44-22-16-30-18-24-46-38(48(30)53-44)11-7-26-51-46)28-42(36)50(40(34)4-2)41-13-6-5-10-35(41)37-21-15-33(29-43(37)50)45-23-17-31-19-25-47-39(49(31)54-45)12-8-27-52-47/h3-29H,2H2,1H3/b9-3-. The number of hydrogen-bond acceptors (Lipinski definition) is 4. The molecule has 1 unspecified atom stereocenters. The topological polar surface area (TPSA) is 51.6 Å². The van der Waals surface area contributed by atoms with Gasteiger partial charge in [-0.05, 0) is 112 Å². The number of hydrogen-bond donors (Lipinski definition) is 0. The van der Waals surface area contributed by atoms with Crippen LogP contribution in [-0.2, 0) is 5.41 Å². The van der Waals surface area contributed by atoms with Crippen molar-refractivity contribution in [2.24, 2.45) is 0 Å². The summed E-state index contributed by atoms with van der Waals surface area (Å²) in [4.78, 5) is 19.8. The number of aromatic nitrogens is 4. The minimum Gasteiger partial charge on any atom is -0.256 e. The van der Waals surface area contributed by atoms with Gasteiger partial charge in [-0.1, -0.05) is 97.6 Å². The minimum absolute atomic E-state index is 0.592. The first-order valence-corrected chi connectivity index (χ1v) is 18.4. The van der Waals surface area contributed by atoms with Crippen LogP contribution in [0.5, 0.6) is 0 Å². The van der Waals surface area contributed by atoms with E-state index in [9.17, 15) is 0 Å². The van der Waals surface area contributed by atoms with Crippen molar-refractivity contribution in [1.29, 1.82) is 0 Å². The van der Waals surface area contributed by atoms with Crippen molar-refractivity contribution in [3.63, 3.8) is 0 Å². The number of allylic oxidation sites excluding steroid dienone is 5. The molecule has 1 atom stereocenters. The molecule has 0 bridgehead atoms. The van der Waals surface area contributed by atoms with Gasteiger partial charge in [0.2, 0.25) is 0 Å². The van der Waals surface area contributed by atoms with Crippen molar-refractivity contribution in [3.05, 3.63) is 198 Å². The molecule has 4 heteroatoms. The largest absolute Gasteiger partial charge is 0.256 e. The third kappa shape index (κ3) is 4.13. The van der Waals surface area contributed by atoms with E-state index in [1.54, 1.807) is 0 Å². The Bertz CT molecular complexity index is 3150. The Morgan fingerprint density at radius 1 is 0.537 bits per heavy atom. The Morgan fingerprint density at radius 2 is 1.09 bits per heavy atom. The van der Waals surface area contributed by atoms with E-state index in [0.29, 0.717) is 0 Å². The molecule has 54 heavy (non-hydrogen) atoms. The van der Waals surface area contributed by atoms with Crippen LogP contribution in [0.15, 0.2) is 176 Å². The summed E-state index contributed by atoms with van der Waals surface area (Å²) in [6.07, 6.45) is 10.1. The Morgan fingerprint density at radius 3 is 1.70 bits per heavy atom. The molecule has 9 aromatic rings. The molecule has 2 aliphatic carbocycles. The molecule has 0 aliphatic heterocycles. The molecule has 0 N–H and O–H groups in total. The second kappa shape index (κ2) is 11.5. The van der Waals surface area contributed by atoms with E-state index in [1.165, 1.54) is 44.5 Å². The highest BCUT2D eigenvalue weighted by atomic mass is 14.7. The van der Waals surface area contributed by atoms with Crippen molar-refractivity contribution in [1.82, 2.24) is 19.9 Å². The summed E-state index contributed by atoms with van der Waals surface area (Å²) >= 11 is 0. The van der Waals surface area contributed by atoms with E-state index < -0.39 is 5.41 Å². The Balaban J connectivity index is 1.17. The highest BCUT2D eigenvalue weighted by molar-refractivity contribution is 6.06. The zero-order valence-electron chi connectivity index (χ0n) is 29.6. The lowest BCUT2D eigenvalue weighted by Gasteiger charge is -2.32. The first-order chi connectivity index (χ1) is 26.7. The summed E-state index contributed by atoms with van der Waals surface area (Å²) in [7, 11) is 0. The van der Waals surface area contributed by atoms with Crippen LogP contribution in [0.3, 0.4) is 0 Å². The third-order valence-electron chi connectivity index (χ3n) is 11.5. The van der Waals surface area contributed by atoms with Crippen LogP contribution in [0.4, 0.5) is 0 Å². The molecule has 0 radical (unpaired) electrons. The molecule has 0 fully saturated rings. The lowest BCUT2D eigenvalue weighted by molar-refractivity contribution is 0.787. The van der Waals surface area contributed by atoms with Gasteiger partial charge >= 0.3 is 0 Å². The number of rotatable bonds is 4. The van der Waals surface area contributed by atoms with Crippen molar-refractivity contribution >= 4 is 49.2 Å². The normalized spacial score (nSPS) is 15.9. The predicted molar refractivity (Wildman–Crippen MR) is 222 cm³/mol. The summed E-state index contributed by atoms with van der Waals surface area (Å²) in [5.74, 6) is 0. The number of nitrogens with zero attached hydrogens (tertiary/aromatic N) is 4. The summed E-state index contributed by atoms with van der Waals surface area (Å²) < 4.78 is 0. The molecule has 4 aromatic heterocycles. The quantitative estimate of drug-likeness (QED) is 0.173. The van der Waals surface area contributed by atoms with E-state index in [0.717, 1.165) is 66.1 Å². The molecule has 4 heterocycles. The maximum absolute atomic E-state index is 5.30. The van der Waals surface area contributed by atoms with Gasteiger partial charge in [-0.2, -0.15) is 0 Å². The van der Waals surface area contributed by atoms with Gasteiger partial charge in [0, 0.05) is 45.1 Å². The first kappa shape index (κ1) is 30.6. The predicted octanol–water partition coefficient (Wildman–Crippen LogP) is 12.1. The van der Waals surface area contributed by atoms with E-state index >= 15 is 0 Å². The zero-order valence-corrected chi connectivity index (χ0v) is 29.6. The van der Waals surface area contributed by atoms with Gasteiger partial charge in [-0.3, -0.25) is 9.97 Å². The molecule has 252 valence electrons. The minimum atomic E-state index is -0.592. The van der Waals surface area contributed by atoms with Crippen LogP contribution in [0, 0.1) is 0 Å². The van der Waals surface area contributed by atoms with Gasteiger partial charge in [0.1, 0.15) is 0 Å². The molecule has 5 aromatic carbocycles. The van der Waals surface area contributed by atoms with E-state index in [2.05, 4.69) is 163 Å². The number of pyridine rings is 4. The molecule has 1 spiro atoms. The fourth-order valence-electron chi connectivity index (χ4n) is 9.17. The van der Waals surface area contributed by atoms with Crippen molar-refractivity contribution in [2.75, 3.05) is 0 Å². The lowest BCUT2D eigenvalue weighted by Crippen LogP contribution is -2.26. The monoisotopic (exact) mass is 688 g/mol. The lowest BCUT2D eigenvalue weighted by atomic mass is 9.69. The molecular formula is C50H32N4. The smallest absolute Gasteiger partial charge is 0.0803 e. The number of benzene rings is 5. The summed E-state index contributed by atoms with van der Waals surface area (Å²) in [6, 6.07) is 47.8. The van der Waals surface area contributed by atoms with Gasteiger partial charge in [0.15, 0.2) is 0 Å². The van der Waals surface area contributed by atoms with Crippen molar-refractivity contribution < 1.29 is 0 Å². The maximum Gasteiger partial charge on any atom is 0.0803 e. The molecule has 0 amide bonds. The van der Waals surface area contributed by atoms with Crippen molar-refractivity contribution in [2.45, 2.75) is 12.3 Å². The SMILES string of the molecule is C=CC1=C(/C=C\C)c2ccc(-c3ccc4ccc5ncccc5c4n3)cc2C12c1ccccc1-c1ccc(-c3ccc4ccc5ncccc5c4n3)cc12. The number of fused-ring (bicyclic) bond motifs is 13. The fraction of sp³-hybridized carbons (Fsp3) is 0.0400. The van der Waals surface area contributed by atoms with Gasteiger partial charge in [0.25, 0.3) is 0 Å².